The zero-order chi connectivity index (χ0) is 39.2. The van der Waals surface area contributed by atoms with Crippen molar-refractivity contribution >= 4 is 35.8 Å². The monoisotopic (exact) mass is 740 g/mol. The van der Waals surface area contributed by atoms with Crippen LogP contribution < -0.4 is 5.32 Å². The van der Waals surface area contributed by atoms with Gasteiger partial charge in [-0.2, -0.15) is 0 Å². The molecule has 1 saturated heterocycles. The number of nitrogens with one attached hydrogen (secondary N) is 1. The van der Waals surface area contributed by atoms with Gasteiger partial charge in [0, 0.05) is 62.3 Å². The minimum absolute atomic E-state index is 0.237. The van der Waals surface area contributed by atoms with Gasteiger partial charge in [0.15, 0.2) is 18.5 Å². The molecule has 286 valence electrons. The molecule has 1 amide bonds. The van der Waals surface area contributed by atoms with Gasteiger partial charge in [0.05, 0.1) is 18.2 Å². The molecule has 1 aliphatic heterocycles. The summed E-state index contributed by atoms with van der Waals surface area (Å²) in [6.45, 7) is 5.85. The van der Waals surface area contributed by atoms with E-state index < -0.39 is 109 Å². The number of hydrogen-bond acceptors (Lipinski definition) is 17. The van der Waals surface area contributed by atoms with E-state index in [1.54, 1.807) is 0 Å². The quantitative estimate of drug-likeness (QED) is 0.0744. The Morgan fingerprint density at radius 3 is 2.06 bits per heavy atom. The van der Waals surface area contributed by atoms with Gasteiger partial charge in [0.2, 0.25) is 0 Å². The van der Waals surface area contributed by atoms with Crippen molar-refractivity contribution in [1.29, 1.82) is 0 Å². The highest BCUT2D eigenvalue weighted by atomic mass is 16.7. The van der Waals surface area contributed by atoms with E-state index in [-0.39, 0.29) is 25.8 Å². The summed E-state index contributed by atoms with van der Waals surface area (Å²) >= 11 is 0. The second kappa shape index (κ2) is 19.9. The largest absolute Gasteiger partial charge is 0.463 e. The summed E-state index contributed by atoms with van der Waals surface area (Å²) in [5.74, 6) is -5.08. The fourth-order valence-corrected chi connectivity index (χ4v) is 5.77. The number of ether oxygens (including phenoxy) is 7. The standard InChI is InChI=1S/C28H40N10O14/c1-12(47-14(3)40)28(11-46-13(2)39)10-21(49-16(5)42)22(35-38-31)27(52-28)51-25-19(34-37-30)9-18(24(23(25)44)50-17(6)43)33-26(45)20(48-15(4)41)7-8-32-36-29/h12,18-25,27,44H,7-11H2,1-6H3,(H,33,45)/t12-,18-,19?,20+,21?,22?,23?,24?,25-,27+,28?/m1/s1. The molecule has 0 bridgehead atoms. The third kappa shape index (κ3) is 12.1. The lowest BCUT2D eigenvalue weighted by Crippen LogP contribution is -2.66. The lowest BCUT2D eigenvalue weighted by atomic mass is 9.83. The average molecular weight is 741 g/mol. The van der Waals surface area contributed by atoms with Crippen LogP contribution in [0.3, 0.4) is 0 Å². The molecule has 2 aliphatic rings. The SMILES string of the molecule is CC(=O)OCC1([C@@H](C)OC(C)=O)CC(OC(C)=O)C(N=[N+]=[N-])[C@@H](O[C@@H]2C(N=[N+]=[N-])C[C@@H](NC(=O)[C@H](CCN=[N+]=[N-])OC(C)=O)C(OC(C)=O)C2O)O1. The predicted octanol–water partition coefficient (Wildman–Crippen LogP) is 1.47. The van der Waals surface area contributed by atoms with Crippen molar-refractivity contribution in [2.24, 2.45) is 15.3 Å². The molecule has 24 nitrogen and oxygen atoms in total. The smallest absolute Gasteiger partial charge is 0.303 e. The molecule has 24 heteroatoms. The fourth-order valence-electron chi connectivity index (χ4n) is 5.77. The lowest BCUT2D eigenvalue weighted by Gasteiger charge is -2.50. The van der Waals surface area contributed by atoms with Crippen LogP contribution in [0.1, 0.15) is 60.8 Å². The van der Waals surface area contributed by atoms with Crippen molar-refractivity contribution in [2.45, 2.75) is 127 Å². The molecular formula is C28H40N10O14. The van der Waals surface area contributed by atoms with Gasteiger partial charge in [-0.3, -0.25) is 28.8 Å². The van der Waals surface area contributed by atoms with Crippen LogP contribution in [0.25, 0.3) is 31.3 Å². The molecule has 1 aliphatic carbocycles. The van der Waals surface area contributed by atoms with Crippen LogP contribution >= 0.6 is 0 Å². The molecule has 1 saturated carbocycles. The highest BCUT2D eigenvalue weighted by molar-refractivity contribution is 5.83. The maximum Gasteiger partial charge on any atom is 0.303 e. The highest BCUT2D eigenvalue weighted by Crippen LogP contribution is 2.40. The van der Waals surface area contributed by atoms with Crippen LogP contribution in [0.2, 0.25) is 0 Å². The first-order chi connectivity index (χ1) is 24.5. The van der Waals surface area contributed by atoms with Crippen LogP contribution in [0.15, 0.2) is 15.3 Å². The summed E-state index contributed by atoms with van der Waals surface area (Å²) in [6.07, 6.45) is -12.1. The molecule has 11 atom stereocenters. The van der Waals surface area contributed by atoms with Crippen molar-refractivity contribution in [1.82, 2.24) is 5.32 Å². The minimum atomic E-state index is -1.94. The molecule has 0 spiro atoms. The molecule has 0 radical (unpaired) electrons. The number of aliphatic hydroxyl groups excluding tert-OH is 1. The Balaban J connectivity index is 2.63. The number of aliphatic hydroxyl groups is 1. The van der Waals surface area contributed by atoms with Crippen LogP contribution in [-0.2, 0) is 61.9 Å². The average Bonchev–Trinajstić information content (AvgIpc) is 3.03. The molecular weight excluding hydrogens is 700 g/mol. The fraction of sp³-hybridized carbons (Fsp3) is 0.786. The second-order valence-corrected chi connectivity index (χ2v) is 11.8. The van der Waals surface area contributed by atoms with Crippen LogP contribution in [0, 0.1) is 0 Å². The van der Waals surface area contributed by atoms with Crippen molar-refractivity contribution in [2.75, 3.05) is 13.2 Å². The Bertz CT molecular complexity index is 1500. The van der Waals surface area contributed by atoms with Crippen LogP contribution in [0.4, 0.5) is 0 Å². The van der Waals surface area contributed by atoms with Gasteiger partial charge in [0.1, 0.15) is 36.6 Å². The molecule has 52 heavy (non-hydrogen) atoms. The van der Waals surface area contributed by atoms with E-state index >= 15 is 0 Å². The number of esters is 5. The summed E-state index contributed by atoms with van der Waals surface area (Å²) in [5, 5.41) is 24.8. The Hall–Kier alpha value is -5.37. The van der Waals surface area contributed by atoms with E-state index in [1.165, 1.54) is 6.92 Å². The molecule has 0 aromatic carbocycles. The molecule has 1 heterocycles. The van der Waals surface area contributed by atoms with Crippen molar-refractivity contribution in [3.63, 3.8) is 0 Å². The van der Waals surface area contributed by atoms with Gasteiger partial charge in [-0.25, -0.2) is 0 Å². The predicted molar refractivity (Wildman–Crippen MR) is 169 cm³/mol. The Labute approximate surface area is 295 Å². The summed E-state index contributed by atoms with van der Waals surface area (Å²) in [5.41, 5.74) is 25.7. The highest BCUT2D eigenvalue weighted by Gasteiger charge is 2.56. The Morgan fingerprint density at radius 2 is 1.52 bits per heavy atom. The van der Waals surface area contributed by atoms with Gasteiger partial charge in [-0.15, -0.1) is 0 Å². The maximum absolute atomic E-state index is 13.2. The van der Waals surface area contributed by atoms with Crippen LogP contribution in [-0.4, -0.2) is 121 Å². The van der Waals surface area contributed by atoms with Crippen LogP contribution in [0.5, 0.6) is 0 Å². The van der Waals surface area contributed by atoms with Gasteiger partial charge in [-0.1, -0.05) is 15.3 Å². The third-order valence-corrected chi connectivity index (χ3v) is 7.88. The number of rotatable bonds is 16. The lowest BCUT2D eigenvalue weighted by molar-refractivity contribution is -0.319. The number of carbonyl (C=O) groups is 6. The zero-order valence-electron chi connectivity index (χ0n) is 29.1. The second-order valence-electron chi connectivity index (χ2n) is 11.8. The summed E-state index contributed by atoms with van der Waals surface area (Å²) < 4.78 is 38.8. The maximum atomic E-state index is 13.2. The third-order valence-electron chi connectivity index (χ3n) is 7.88. The molecule has 2 N–H and O–H groups in total. The van der Waals surface area contributed by atoms with Gasteiger partial charge in [-0.05, 0) is 36.4 Å². The van der Waals surface area contributed by atoms with Crippen molar-refractivity contribution in [3.05, 3.63) is 31.3 Å². The number of carbonyl (C=O) groups excluding carboxylic acids is 6. The number of azide groups is 3. The number of nitrogens with zero attached hydrogens (tertiary/aromatic N) is 9. The van der Waals surface area contributed by atoms with Crippen molar-refractivity contribution in [3.8, 4) is 0 Å². The first kappa shape index (κ1) is 42.8. The van der Waals surface area contributed by atoms with E-state index in [0.717, 1.165) is 34.6 Å². The van der Waals surface area contributed by atoms with Crippen molar-refractivity contribution < 1.29 is 67.0 Å². The zero-order valence-corrected chi connectivity index (χ0v) is 29.1. The number of hydrogen-bond donors (Lipinski definition) is 2. The van der Waals surface area contributed by atoms with Gasteiger partial charge >= 0.3 is 29.8 Å². The van der Waals surface area contributed by atoms with E-state index in [4.69, 9.17) is 38.7 Å². The van der Waals surface area contributed by atoms with E-state index in [0.29, 0.717) is 0 Å². The normalized spacial score (nSPS) is 29.1. The molecule has 6 unspecified atom stereocenters. The first-order valence-electron chi connectivity index (χ1n) is 15.7. The number of amides is 1. The molecule has 0 aromatic heterocycles. The van der Waals surface area contributed by atoms with E-state index in [2.05, 4.69) is 35.4 Å². The Kier molecular flexibility index (Phi) is 16.4. The van der Waals surface area contributed by atoms with Gasteiger partial charge in [0.25, 0.3) is 5.91 Å². The summed E-state index contributed by atoms with van der Waals surface area (Å²) in [6, 6.07) is -4.22. The summed E-state index contributed by atoms with van der Waals surface area (Å²) in [7, 11) is 0. The van der Waals surface area contributed by atoms with E-state index in [1.807, 2.05) is 0 Å². The molecule has 2 fully saturated rings. The first-order valence-corrected chi connectivity index (χ1v) is 15.7. The molecule has 2 rings (SSSR count). The topological polar surface area (TPSA) is 346 Å². The molecule has 0 aromatic rings. The van der Waals surface area contributed by atoms with E-state index in [9.17, 15) is 44.9 Å². The minimum Gasteiger partial charge on any atom is -0.463 e. The summed E-state index contributed by atoms with van der Waals surface area (Å²) in [4.78, 5) is 81.4. The van der Waals surface area contributed by atoms with Gasteiger partial charge < -0.3 is 43.6 Å². The Morgan fingerprint density at radius 1 is 0.885 bits per heavy atom.